The van der Waals surface area contributed by atoms with Crippen LogP contribution in [0.25, 0.3) is 11.0 Å². The maximum absolute atomic E-state index is 11.2. The fraction of sp³-hybridized carbons (Fsp3) is 0.375. The molecule has 2 heterocycles. The second kappa shape index (κ2) is 3.84. The predicted octanol–water partition coefficient (Wildman–Crippen LogP) is 0.683. The van der Waals surface area contributed by atoms with Crippen LogP contribution in [0.5, 0.6) is 0 Å². The van der Waals surface area contributed by atoms with Gasteiger partial charge in [-0.1, -0.05) is 13.8 Å². The number of nitrogens with zero attached hydrogens (tertiary/aromatic N) is 3. The van der Waals surface area contributed by atoms with Crippen molar-refractivity contribution in [1.29, 1.82) is 0 Å². The summed E-state index contributed by atoms with van der Waals surface area (Å²) in [5.41, 5.74) is 0.480. The molecule has 0 fully saturated rings. The SMILES string of the molecule is CC.Cn1[nH]c2ncncc2c1=O. The van der Waals surface area contributed by atoms with Crippen LogP contribution in [0.2, 0.25) is 0 Å². The van der Waals surface area contributed by atoms with Crippen molar-refractivity contribution in [1.82, 2.24) is 19.7 Å². The van der Waals surface area contributed by atoms with Crippen LogP contribution in [0.15, 0.2) is 17.3 Å². The molecule has 2 rings (SSSR count). The molecule has 0 saturated carbocycles. The van der Waals surface area contributed by atoms with E-state index in [1.165, 1.54) is 17.2 Å². The maximum Gasteiger partial charge on any atom is 0.277 e. The van der Waals surface area contributed by atoms with Crippen LogP contribution in [-0.2, 0) is 7.05 Å². The summed E-state index contributed by atoms with van der Waals surface area (Å²) in [7, 11) is 1.64. The maximum atomic E-state index is 11.2. The van der Waals surface area contributed by atoms with Gasteiger partial charge >= 0.3 is 0 Å². The van der Waals surface area contributed by atoms with Crippen LogP contribution >= 0.6 is 0 Å². The molecule has 0 amide bonds. The number of nitrogens with one attached hydrogen (secondary N) is 1. The third kappa shape index (κ3) is 1.58. The number of H-pyrrole nitrogens is 1. The molecule has 70 valence electrons. The molecule has 2 aromatic heterocycles. The fourth-order valence-corrected chi connectivity index (χ4v) is 0.966. The molecule has 1 N–H and O–H groups in total. The summed E-state index contributed by atoms with van der Waals surface area (Å²) < 4.78 is 1.37. The highest BCUT2D eigenvalue weighted by Crippen LogP contribution is 1.97. The Morgan fingerprint density at radius 3 is 2.77 bits per heavy atom. The first kappa shape index (κ1) is 9.44. The van der Waals surface area contributed by atoms with Crippen molar-refractivity contribution in [2.45, 2.75) is 13.8 Å². The van der Waals surface area contributed by atoms with Crippen LogP contribution in [0, 0.1) is 0 Å². The van der Waals surface area contributed by atoms with Gasteiger partial charge in [-0.25, -0.2) is 9.97 Å². The molecule has 5 nitrogen and oxygen atoms in total. The second-order valence-electron chi connectivity index (χ2n) is 2.26. The van der Waals surface area contributed by atoms with Gasteiger partial charge in [0.25, 0.3) is 5.56 Å². The minimum atomic E-state index is -0.0967. The predicted molar refractivity (Wildman–Crippen MR) is 50.5 cm³/mol. The van der Waals surface area contributed by atoms with Crippen molar-refractivity contribution >= 4 is 11.0 Å². The zero-order valence-electron chi connectivity index (χ0n) is 7.90. The van der Waals surface area contributed by atoms with E-state index in [-0.39, 0.29) is 5.56 Å². The number of fused-ring (bicyclic) bond motifs is 1. The normalized spacial score (nSPS) is 9.46. The van der Waals surface area contributed by atoms with E-state index >= 15 is 0 Å². The smallest absolute Gasteiger partial charge is 0.277 e. The summed E-state index contributed by atoms with van der Waals surface area (Å²) in [6.07, 6.45) is 2.90. The molecule has 0 spiro atoms. The third-order valence-corrected chi connectivity index (χ3v) is 1.52. The number of hydrogen-bond donors (Lipinski definition) is 1. The summed E-state index contributed by atoms with van der Waals surface area (Å²) in [5.74, 6) is 0. The Labute approximate surface area is 75.4 Å². The molecular weight excluding hydrogens is 168 g/mol. The summed E-state index contributed by atoms with van der Waals surface area (Å²) in [5, 5.41) is 3.30. The standard InChI is InChI=1S/C6H6N4O.C2H6/c1-10-6(11)4-2-7-3-8-5(4)9-10;1-2/h2-3H,1H3,(H,7,8,9);1-2H3. The third-order valence-electron chi connectivity index (χ3n) is 1.52. The average molecular weight is 180 g/mol. The molecule has 0 unspecified atom stereocenters. The molecule has 2 aromatic rings. The van der Waals surface area contributed by atoms with Crippen LogP contribution in [0.1, 0.15) is 13.8 Å². The molecule has 13 heavy (non-hydrogen) atoms. The first-order valence-corrected chi connectivity index (χ1v) is 4.14. The molecule has 0 atom stereocenters. The highest BCUT2D eigenvalue weighted by molar-refractivity contribution is 5.71. The lowest BCUT2D eigenvalue weighted by atomic mass is 10.4. The molecule has 0 radical (unpaired) electrons. The number of aromatic amines is 1. The van der Waals surface area contributed by atoms with Crippen molar-refractivity contribution in [3.8, 4) is 0 Å². The van der Waals surface area contributed by atoms with E-state index < -0.39 is 0 Å². The van der Waals surface area contributed by atoms with E-state index in [0.717, 1.165) is 0 Å². The van der Waals surface area contributed by atoms with Gasteiger partial charge in [0, 0.05) is 13.2 Å². The van der Waals surface area contributed by atoms with Gasteiger partial charge < -0.3 is 0 Å². The monoisotopic (exact) mass is 180 g/mol. The summed E-state index contributed by atoms with van der Waals surface area (Å²) in [4.78, 5) is 18.8. The Morgan fingerprint density at radius 1 is 1.46 bits per heavy atom. The van der Waals surface area contributed by atoms with E-state index in [2.05, 4.69) is 15.1 Å². The van der Waals surface area contributed by atoms with E-state index in [0.29, 0.717) is 11.0 Å². The van der Waals surface area contributed by atoms with Crippen molar-refractivity contribution in [2.75, 3.05) is 0 Å². The Kier molecular flexibility index (Phi) is 2.79. The highest BCUT2D eigenvalue weighted by atomic mass is 16.1. The van der Waals surface area contributed by atoms with E-state index in [1.54, 1.807) is 7.05 Å². The molecular formula is C8H12N4O. The Bertz CT molecular complexity index is 443. The molecule has 0 aliphatic carbocycles. The lowest BCUT2D eigenvalue weighted by Gasteiger charge is -1.82. The highest BCUT2D eigenvalue weighted by Gasteiger charge is 2.02. The van der Waals surface area contributed by atoms with E-state index in [4.69, 9.17) is 0 Å². The summed E-state index contributed by atoms with van der Waals surface area (Å²) in [6.45, 7) is 4.00. The summed E-state index contributed by atoms with van der Waals surface area (Å²) in [6, 6.07) is 0. The summed E-state index contributed by atoms with van der Waals surface area (Å²) >= 11 is 0. The van der Waals surface area contributed by atoms with Crippen LogP contribution in [-0.4, -0.2) is 19.7 Å². The van der Waals surface area contributed by atoms with Crippen LogP contribution < -0.4 is 5.56 Å². The molecule has 0 saturated heterocycles. The lowest BCUT2D eigenvalue weighted by Crippen LogP contribution is -2.11. The number of aromatic nitrogens is 4. The largest absolute Gasteiger partial charge is 0.279 e. The topological polar surface area (TPSA) is 63.6 Å². The van der Waals surface area contributed by atoms with Gasteiger partial charge in [0.2, 0.25) is 0 Å². The molecule has 5 heteroatoms. The number of aryl methyl sites for hydroxylation is 1. The molecule has 0 aliphatic rings. The Balaban J connectivity index is 0.000000396. The Hall–Kier alpha value is -1.65. The Morgan fingerprint density at radius 2 is 2.15 bits per heavy atom. The molecule has 0 aromatic carbocycles. The van der Waals surface area contributed by atoms with Crippen molar-refractivity contribution in [2.24, 2.45) is 7.05 Å². The van der Waals surface area contributed by atoms with Crippen LogP contribution in [0.3, 0.4) is 0 Å². The van der Waals surface area contributed by atoms with Gasteiger partial charge in [-0.3, -0.25) is 14.6 Å². The minimum absolute atomic E-state index is 0.0967. The number of rotatable bonds is 0. The second-order valence-corrected chi connectivity index (χ2v) is 2.26. The van der Waals surface area contributed by atoms with Gasteiger partial charge in [0.05, 0.1) is 0 Å². The van der Waals surface area contributed by atoms with Gasteiger partial charge in [0.1, 0.15) is 11.7 Å². The van der Waals surface area contributed by atoms with Crippen LogP contribution in [0.4, 0.5) is 0 Å². The van der Waals surface area contributed by atoms with Crippen molar-refractivity contribution < 1.29 is 0 Å². The average Bonchev–Trinajstić information content (AvgIpc) is 2.47. The fourth-order valence-electron chi connectivity index (χ4n) is 0.966. The van der Waals surface area contributed by atoms with Crippen molar-refractivity contribution in [3.63, 3.8) is 0 Å². The first-order chi connectivity index (χ1) is 6.29. The van der Waals surface area contributed by atoms with Crippen molar-refractivity contribution in [3.05, 3.63) is 22.9 Å². The number of hydrogen-bond acceptors (Lipinski definition) is 3. The van der Waals surface area contributed by atoms with E-state index in [9.17, 15) is 4.79 Å². The lowest BCUT2D eigenvalue weighted by molar-refractivity contribution is 0.748. The molecule has 0 aliphatic heterocycles. The minimum Gasteiger partial charge on any atom is -0.279 e. The zero-order valence-corrected chi connectivity index (χ0v) is 7.90. The van der Waals surface area contributed by atoms with E-state index in [1.807, 2.05) is 13.8 Å². The van der Waals surface area contributed by atoms with Gasteiger partial charge in [-0.15, -0.1) is 0 Å². The quantitative estimate of drug-likeness (QED) is 0.648. The van der Waals surface area contributed by atoms with Gasteiger partial charge in [-0.2, -0.15) is 0 Å². The van der Waals surface area contributed by atoms with Gasteiger partial charge in [-0.05, 0) is 0 Å². The van der Waals surface area contributed by atoms with Gasteiger partial charge in [0.15, 0.2) is 5.65 Å². The zero-order chi connectivity index (χ0) is 9.84. The molecule has 0 bridgehead atoms. The first-order valence-electron chi connectivity index (χ1n) is 4.14.